The van der Waals surface area contributed by atoms with Crippen LogP contribution in [0.3, 0.4) is 0 Å². The molecule has 2 rings (SSSR count). The van der Waals surface area contributed by atoms with Gasteiger partial charge in [-0.3, -0.25) is 14.4 Å². The van der Waals surface area contributed by atoms with Crippen molar-refractivity contribution in [2.24, 2.45) is 0 Å². The van der Waals surface area contributed by atoms with Crippen LogP contribution in [0.5, 0.6) is 0 Å². The summed E-state index contributed by atoms with van der Waals surface area (Å²) in [4.78, 5) is 33.7. The van der Waals surface area contributed by atoms with E-state index < -0.39 is 11.6 Å². The lowest BCUT2D eigenvalue weighted by molar-refractivity contribution is -0.114. The third-order valence-corrected chi connectivity index (χ3v) is 2.35. The van der Waals surface area contributed by atoms with E-state index in [1.165, 1.54) is 19.1 Å². The maximum atomic E-state index is 11.6. The standard InChI is InChI=1S/C12H9NO4/c1-6(14)13-7-2-3-8-9(4-7)12(17)11(16)5-10(8)15/h2-5,15H,1H3,(H,13,14). The van der Waals surface area contributed by atoms with Crippen LogP contribution in [0.1, 0.15) is 22.8 Å². The summed E-state index contributed by atoms with van der Waals surface area (Å²) in [6.45, 7) is 1.34. The van der Waals surface area contributed by atoms with Crippen molar-refractivity contribution in [1.82, 2.24) is 0 Å². The van der Waals surface area contributed by atoms with E-state index in [9.17, 15) is 19.5 Å². The van der Waals surface area contributed by atoms with Crippen LogP contribution >= 0.6 is 0 Å². The third kappa shape index (κ3) is 1.94. The van der Waals surface area contributed by atoms with Crippen molar-refractivity contribution >= 4 is 28.9 Å². The van der Waals surface area contributed by atoms with Gasteiger partial charge in [-0.05, 0) is 18.2 Å². The van der Waals surface area contributed by atoms with Gasteiger partial charge in [0, 0.05) is 29.8 Å². The Bertz CT molecular complexity index is 572. The van der Waals surface area contributed by atoms with Gasteiger partial charge in [0.2, 0.25) is 17.5 Å². The van der Waals surface area contributed by atoms with E-state index in [0.717, 1.165) is 6.08 Å². The molecular formula is C12H9NO4. The highest BCUT2D eigenvalue weighted by molar-refractivity contribution is 6.50. The molecule has 86 valence electrons. The number of ketones is 2. The fraction of sp³-hybridized carbons (Fsp3) is 0.0833. The molecule has 17 heavy (non-hydrogen) atoms. The normalized spacial score (nSPS) is 14.1. The molecule has 1 aliphatic carbocycles. The highest BCUT2D eigenvalue weighted by Gasteiger charge is 2.25. The second-order valence-electron chi connectivity index (χ2n) is 3.66. The first kappa shape index (κ1) is 11.1. The first-order valence-electron chi connectivity index (χ1n) is 4.90. The summed E-state index contributed by atoms with van der Waals surface area (Å²) in [7, 11) is 0. The van der Waals surface area contributed by atoms with Crippen molar-refractivity contribution < 1.29 is 19.5 Å². The predicted molar refractivity (Wildman–Crippen MR) is 60.7 cm³/mol. The lowest BCUT2D eigenvalue weighted by atomic mass is 9.93. The van der Waals surface area contributed by atoms with E-state index in [0.29, 0.717) is 11.3 Å². The Morgan fingerprint density at radius 3 is 2.59 bits per heavy atom. The number of carbonyl (C=O) groups excluding carboxylic acids is 3. The Hall–Kier alpha value is -2.43. The summed E-state index contributed by atoms with van der Waals surface area (Å²) in [6.07, 6.45) is 0.892. The van der Waals surface area contributed by atoms with Crippen LogP contribution in [0.2, 0.25) is 0 Å². The van der Waals surface area contributed by atoms with Gasteiger partial charge in [0.15, 0.2) is 0 Å². The molecule has 5 nitrogen and oxygen atoms in total. The lowest BCUT2D eigenvalue weighted by Gasteiger charge is -2.13. The van der Waals surface area contributed by atoms with Crippen LogP contribution in [0, 0.1) is 0 Å². The molecule has 0 aliphatic heterocycles. The molecule has 0 radical (unpaired) electrons. The zero-order chi connectivity index (χ0) is 12.6. The molecular weight excluding hydrogens is 222 g/mol. The molecule has 0 aromatic heterocycles. The Morgan fingerprint density at radius 2 is 1.94 bits per heavy atom. The number of benzene rings is 1. The SMILES string of the molecule is CC(=O)Nc1ccc2c(c1)C(=O)C(=O)C=C2O. The Morgan fingerprint density at radius 1 is 1.24 bits per heavy atom. The van der Waals surface area contributed by atoms with E-state index >= 15 is 0 Å². The average Bonchev–Trinajstić information content (AvgIpc) is 2.25. The number of amides is 1. The lowest BCUT2D eigenvalue weighted by Crippen LogP contribution is -2.19. The molecule has 0 heterocycles. The molecule has 0 bridgehead atoms. The molecule has 2 N–H and O–H groups in total. The topological polar surface area (TPSA) is 83.5 Å². The Balaban J connectivity index is 2.52. The van der Waals surface area contributed by atoms with Crippen molar-refractivity contribution in [2.45, 2.75) is 6.92 Å². The van der Waals surface area contributed by atoms with Gasteiger partial charge in [-0.25, -0.2) is 0 Å². The van der Waals surface area contributed by atoms with E-state index in [1.54, 1.807) is 6.07 Å². The zero-order valence-electron chi connectivity index (χ0n) is 8.98. The van der Waals surface area contributed by atoms with Gasteiger partial charge in [0.25, 0.3) is 0 Å². The van der Waals surface area contributed by atoms with Gasteiger partial charge in [0.05, 0.1) is 0 Å². The number of hydrogen-bond acceptors (Lipinski definition) is 4. The van der Waals surface area contributed by atoms with Gasteiger partial charge in [-0.15, -0.1) is 0 Å². The van der Waals surface area contributed by atoms with Gasteiger partial charge < -0.3 is 10.4 Å². The second-order valence-corrected chi connectivity index (χ2v) is 3.66. The number of carbonyl (C=O) groups is 3. The molecule has 1 aromatic carbocycles. The van der Waals surface area contributed by atoms with Crippen LogP contribution in [0.25, 0.3) is 5.76 Å². The number of fused-ring (bicyclic) bond motifs is 1. The first-order valence-corrected chi connectivity index (χ1v) is 4.90. The third-order valence-electron chi connectivity index (χ3n) is 2.35. The maximum Gasteiger partial charge on any atom is 0.233 e. The predicted octanol–water partition coefficient (Wildman–Crippen LogP) is 1.31. The molecule has 1 aliphatic rings. The van der Waals surface area contributed by atoms with Crippen LogP contribution in [0.15, 0.2) is 24.3 Å². The highest BCUT2D eigenvalue weighted by atomic mass is 16.3. The second kappa shape index (κ2) is 3.86. The molecule has 0 saturated carbocycles. The number of Topliss-reactive ketones (excluding diaryl/α,β-unsaturated/α-hetero) is 1. The molecule has 5 heteroatoms. The Kier molecular flexibility index (Phi) is 2.51. The smallest absolute Gasteiger partial charge is 0.233 e. The maximum absolute atomic E-state index is 11.6. The summed E-state index contributed by atoms with van der Waals surface area (Å²) >= 11 is 0. The highest BCUT2D eigenvalue weighted by Crippen LogP contribution is 2.25. The van der Waals surface area contributed by atoms with Crippen molar-refractivity contribution in [1.29, 1.82) is 0 Å². The van der Waals surface area contributed by atoms with Crippen LogP contribution in [0.4, 0.5) is 5.69 Å². The molecule has 0 fully saturated rings. The minimum absolute atomic E-state index is 0.0984. The minimum Gasteiger partial charge on any atom is -0.507 e. The van der Waals surface area contributed by atoms with E-state index in [-0.39, 0.29) is 17.2 Å². The number of nitrogens with one attached hydrogen (secondary N) is 1. The van der Waals surface area contributed by atoms with E-state index in [4.69, 9.17) is 0 Å². The quantitative estimate of drug-likeness (QED) is 0.714. The van der Waals surface area contributed by atoms with Crippen LogP contribution in [-0.2, 0) is 9.59 Å². The largest absolute Gasteiger partial charge is 0.507 e. The van der Waals surface area contributed by atoms with Crippen LogP contribution < -0.4 is 5.32 Å². The van der Waals surface area contributed by atoms with Gasteiger partial charge in [-0.2, -0.15) is 0 Å². The van der Waals surface area contributed by atoms with Gasteiger partial charge >= 0.3 is 0 Å². The van der Waals surface area contributed by atoms with Crippen molar-refractivity contribution in [2.75, 3.05) is 5.32 Å². The average molecular weight is 231 g/mol. The minimum atomic E-state index is -0.769. The number of anilines is 1. The number of aliphatic hydroxyl groups is 1. The number of aliphatic hydroxyl groups excluding tert-OH is 1. The number of allylic oxidation sites excluding steroid dienone is 1. The molecule has 1 amide bonds. The molecule has 0 unspecified atom stereocenters. The molecule has 1 aromatic rings. The van der Waals surface area contributed by atoms with E-state index in [1.807, 2.05) is 0 Å². The summed E-state index contributed by atoms with van der Waals surface area (Å²) in [5, 5.41) is 12.0. The summed E-state index contributed by atoms with van der Waals surface area (Å²) < 4.78 is 0. The summed E-state index contributed by atoms with van der Waals surface area (Å²) in [6, 6.07) is 4.41. The summed E-state index contributed by atoms with van der Waals surface area (Å²) in [5.41, 5.74) is 0.803. The summed E-state index contributed by atoms with van der Waals surface area (Å²) in [5.74, 6) is -1.97. The molecule has 0 spiro atoms. The van der Waals surface area contributed by atoms with Gasteiger partial charge in [0.1, 0.15) is 5.76 Å². The Labute approximate surface area is 96.8 Å². The fourth-order valence-electron chi connectivity index (χ4n) is 1.64. The number of hydrogen-bond donors (Lipinski definition) is 2. The van der Waals surface area contributed by atoms with Crippen molar-refractivity contribution in [3.05, 3.63) is 35.4 Å². The first-order chi connectivity index (χ1) is 7.99. The van der Waals surface area contributed by atoms with Crippen LogP contribution in [-0.4, -0.2) is 22.6 Å². The van der Waals surface area contributed by atoms with Crippen molar-refractivity contribution in [3.8, 4) is 0 Å². The van der Waals surface area contributed by atoms with Crippen molar-refractivity contribution in [3.63, 3.8) is 0 Å². The van der Waals surface area contributed by atoms with Gasteiger partial charge in [-0.1, -0.05) is 0 Å². The van der Waals surface area contributed by atoms with E-state index in [2.05, 4.69) is 5.32 Å². The zero-order valence-corrected chi connectivity index (χ0v) is 8.98. The fourth-order valence-corrected chi connectivity index (χ4v) is 1.64. The monoisotopic (exact) mass is 231 g/mol. The molecule has 0 saturated heterocycles. The number of rotatable bonds is 1. The molecule has 0 atom stereocenters.